The molecule has 1 unspecified atom stereocenters. The van der Waals surface area contributed by atoms with Gasteiger partial charge in [-0.15, -0.1) is 0 Å². The molecule has 0 saturated carbocycles. The molecule has 2 amide bonds. The normalized spacial score (nSPS) is 16.6. The molecule has 1 heterocycles. The quantitative estimate of drug-likeness (QED) is 0.878. The lowest BCUT2D eigenvalue weighted by atomic mass is 10.1. The Morgan fingerprint density at radius 2 is 1.88 bits per heavy atom. The molecule has 0 radical (unpaired) electrons. The van der Waals surface area contributed by atoms with E-state index in [1.165, 1.54) is 11.0 Å². The second-order valence-corrected chi connectivity index (χ2v) is 5.85. The molecule has 1 aliphatic heterocycles. The molecule has 0 spiro atoms. The molecule has 2 aromatic rings. The van der Waals surface area contributed by atoms with Crippen molar-refractivity contribution in [1.82, 2.24) is 5.32 Å². The number of cyclic esters (lactones) is 1. The number of hydrogen-bond donors (Lipinski definition) is 1. The lowest BCUT2D eigenvalue weighted by Gasteiger charge is -2.12. The summed E-state index contributed by atoms with van der Waals surface area (Å²) in [4.78, 5) is 25.4. The molecule has 1 saturated heterocycles. The number of ether oxygens (including phenoxy) is 1. The molecule has 5 nitrogen and oxygen atoms in total. The molecule has 1 N–H and O–H groups in total. The van der Waals surface area contributed by atoms with Gasteiger partial charge in [0, 0.05) is 12.1 Å². The van der Waals surface area contributed by atoms with Crippen molar-refractivity contribution in [2.45, 2.75) is 18.9 Å². The van der Waals surface area contributed by atoms with E-state index in [-0.39, 0.29) is 24.7 Å². The maximum Gasteiger partial charge on any atom is 0.414 e. The molecule has 2 aromatic carbocycles. The summed E-state index contributed by atoms with van der Waals surface area (Å²) in [7, 11) is 0. The van der Waals surface area contributed by atoms with Crippen molar-refractivity contribution >= 4 is 17.7 Å². The smallest absolute Gasteiger partial charge is 0.414 e. The molecular formula is C19H19FN2O3. The highest BCUT2D eigenvalue weighted by Crippen LogP contribution is 2.20. The maximum absolute atomic E-state index is 13.5. The molecule has 1 aliphatic rings. The Balaban J connectivity index is 1.45. The average Bonchev–Trinajstić information content (AvgIpc) is 3.01. The van der Waals surface area contributed by atoms with E-state index in [4.69, 9.17) is 4.74 Å². The summed E-state index contributed by atoms with van der Waals surface area (Å²) in [5, 5.41) is 2.74. The minimum atomic E-state index is -0.420. The van der Waals surface area contributed by atoms with Gasteiger partial charge < -0.3 is 10.1 Å². The number of aryl methyl sites for hydroxylation is 1. The van der Waals surface area contributed by atoms with E-state index in [1.54, 1.807) is 18.2 Å². The molecule has 3 rings (SSSR count). The Bertz CT molecular complexity index is 751. The zero-order chi connectivity index (χ0) is 17.6. The zero-order valence-electron chi connectivity index (χ0n) is 13.7. The van der Waals surface area contributed by atoms with Crippen LogP contribution in [0.1, 0.15) is 12.0 Å². The van der Waals surface area contributed by atoms with Crippen molar-refractivity contribution in [3.05, 3.63) is 66.0 Å². The van der Waals surface area contributed by atoms with Crippen molar-refractivity contribution in [3.63, 3.8) is 0 Å². The number of anilines is 1. The standard InChI is InChI=1S/C19H19FN2O3/c20-17-9-5-4-6-14(17)10-11-18(23)21-12-16-13-22(19(24)25-16)15-7-2-1-3-8-15/h1-9,16H,10-13H2,(H,21,23). The number of amides is 2. The van der Waals surface area contributed by atoms with Gasteiger partial charge in [0.05, 0.1) is 13.1 Å². The predicted octanol–water partition coefficient (Wildman–Crippen LogP) is 2.90. The minimum absolute atomic E-state index is 0.185. The monoisotopic (exact) mass is 342 g/mol. The van der Waals surface area contributed by atoms with Crippen LogP contribution in [0.4, 0.5) is 14.9 Å². The molecule has 0 aromatic heterocycles. The third-order valence-electron chi connectivity index (χ3n) is 4.05. The van der Waals surface area contributed by atoms with Gasteiger partial charge >= 0.3 is 6.09 Å². The third kappa shape index (κ3) is 4.35. The number of hydrogen-bond acceptors (Lipinski definition) is 3. The fraction of sp³-hybridized carbons (Fsp3) is 0.263. The van der Waals surface area contributed by atoms with Crippen molar-refractivity contribution in [2.75, 3.05) is 18.0 Å². The number of para-hydroxylation sites is 1. The van der Waals surface area contributed by atoms with Gasteiger partial charge in [-0.1, -0.05) is 36.4 Å². The molecule has 25 heavy (non-hydrogen) atoms. The van der Waals surface area contributed by atoms with E-state index >= 15 is 0 Å². The van der Waals surface area contributed by atoms with E-state index < -0.39 is 12.2 Å². The van der Waals surface area contributed by atoms with Crippen LogP contribution < -0.4 is 10.2 Å². The number of benzene rings is 2. The van der Waals surface area contributed by atoms with Gasteiger partial charge in [-0.2, -0.15) is 0 Å². The topological polar surface area (TPSA) is 58.6 Å². The molecular weight excluding hydrogens is 323 g/mol. The molecule has 130 valence electrons. The van der Waals surface area contributed by atoms with E-state index in [0.29, 0.717) is 18.5 Å². The summed E-state index contributed by atoms with van der Waals surface area (Å²) in [5.74, 6) is -0.504. The predicted molar refractivity (Wildman–Crippen MR) is 91.8 cm³/mol. The summed E-state index contributed by atoms with van der Waals surface area (Å²) in [6, 6.07) is 15.6. The maximum atomic E-state index is 13.5. The van der Waals surface area contributed by atoms with Crippen LogP contribution in [-0.2, 0) is 16.0 Å². The fourth-order valence-electron chi connectivity index (χ4n) is 2.71. The third-order valence-corrected chi connectivity index (χ3v) is 4.05. The number of nitrogens with zero attached hydrogens (tertiary/aromatic N) is 1. The van der Waals surface area contributed by atoms with Gasteiger partial charge in [0.15, 0.2) is 0 Å². The molecule has 0 bridgehead atoms. The Morgan fingerprint density at radius 1 is 1.16 bits per heavy atom. The lowest BCUT2D eigenvalue weighted by Crippen LogP contribution is -2.34. The number of carbonyl (C=O) groups excluding carboxylic acids is 2. The van der Waals surface area contributed by atoms with Crippen molar-refractivity contribution in [2.24, 2.45) is 0 Å². The van der Waals surface area contributed by atoms with E-state index in [2.05, 4.69) is 5.32 Å². The molecule has 6 heteroatoms. The first-order valence-corrected chi connectivity index (χ1v) is 8.17. The van der Waals surface area contributed by atoms with E-state index in [1.807, 2.05) is 30.3 Å². The minimum Gasteiger partial charge on any atom is -0.442 e. The first-order chi connectivity index (χ1) is 12.1. The number of carbonyl (C=O) groups is 2. The summed E-state index contributed by atoms with van der Waals surface area (Å²) in [5.41, 5.74) is 1.28. The summed E-state index contributed by atoms with van der Waals surface area (Å²) < 4.78 is 18.8. The first kappa shape index (κ1) is 17.0. The van der Waals surface area contributed by atoms with Gasteiger partial charge in [-0.05, 0) is 30.2 Å². The van der Waals surface area contributed by atoms with Crippen LogP contribution in [-0.4, -0.2) is 31.2 Å². The van der Waals surface area contributed by atoms with Crippen LogP contribution in [0.15, 0.2) is 54.6 Å². The van der Waals surface area contributed by atoms with Crippen LogP contribution >= 0.6 is 0 Å². The van der Waals surface area contributed by atoms with E-state index in [9.17, 15) is 14.0 Å². The fourth-order valence-corrected chi connectivity index (χ4v) is 2.71. The van der Waals surface area contributed by atoms with Crippen LogP contribution in [0.3, 0.4) is 0 Å². The van der Waals surface area contributed by atoms with Crippen molar-refractivity contribution in [3.8, 4) is 0 Å². The van der Waals surface area contributed by atoms with Crippen LogP contribution in [0.25, 0.3) is 0 Å². The van der Waals surface area contributed by atoms with E-state index in [0.717, 1.165) is 5.69 Å². The van der Waals surface area contributed by atoms with Gasteiger partial charge in [0.2, 0.25) is 5.91 Å². The van der Waals surface area contributed by atoms with Crippen LogP contribution in [0.2, 0.25) is 0 Å². The summed E-state index contributed by atoms with van der Waals surface area (Å²) >= 11 is 0. The van der Waals surface area contributed by atoms with Crippen molar-refractivity contribution in [1.29, 1.82) is 0 Å². The van der Waals surface area contributed by atoms with Crippen LogP contribution in [0.5, 0.6) is 0 Å². The van der Waals surface area contributed by atoms with Gasteiger partial charge in [-0.3, -0.25) is 9.69 Å². The van der Waals surface area contributed by atoms with Gasteiger partial charge in [0.1, 0.15) is 11.9 Å². The Kier molecular flexibility index (Phi) is 5.28. The summed E-state index contributed by atoms with van der Waals surface area (Å²) in [6.07, 6.45) is -0.301. The molecule has 1 atom stereocenters. The van der Waals surface area contributed by atoms with Crippen molar-refractivity contribution < 1.29 is 18.7 Å². The largest absolute Gasteiger partial charge is 0.442 e. The highest BCUT2D eigenvalue weighted by molar-refractivity contribution is 5.89. The average molecular weight is 342 g/mol. The Morgan fingerprint density at radius 3 is 2.64 bits per heavy atom. The SMILES string of the molecule is O=C(CCc1ccccc1F)NCC1CN(c2ccccc2)C(=O)O1. The second kappa shape index (κ2) is 7.79. The highest BCUT2D eigenvalue weighted by atomic mass is 19.1. The van der Waals surface area contributed by atoms with Gasteiger partial charge in [0.25, 0.3) is 0 Å². The Labute approximate surface area is 145 Å². The number of nitrogens with one attached hydrogen (secondary N) is 1. The second-order valence-electron chi connectivity index (χ2n) is 5.85. The van der Waals surface area contributed by atoms with Crippen LogP contribution in [0, 0.1) is 5.82 Å². The number of rotatable bonds is 6. The van der Waals surface area contributed by atoms with Gasteiger partial charge in [-0.25, -0.2) is 9.18 Å². The lowest BCUT2D eigenvalue weighted by molar-refractivity contribution is -0.121. The highest BCUT2D eigenvalue weighted by Gasteiger charge is 2.32. The molecule has 1 fully saturated rings. The Hall–Kier alpha value is -2.89. The zero-order valence-corrected chi connectivity index (χ0v) is 13.7. The first-order valence-electron chi connectivity index (χ1n) is 8.17. The summed E-state index contributed by atoms with van der Waals surface area (Å²) in [6.45, 7) is 0.627. The molecule has 0 aliphatic carbocycles. The number of halogens is 1.